The largest absolute Gasteiger partial charge is 0.756 e. The maximum absolute atomic E-state index is 11.1. The molecule has 1 aromatic heterocycles. The first-order valence-corrected chi connectivity index (χ1v) is 7.69. The first-order valence-electron chi connectivity index (χ1n) is 6.19. The number of primary amides is 1. The summed E-state index contributed by atoms with van der Waals surface area (Å²) in [5, 5.41) is 19.8. The van der Waals surface area contributed by atoms with E-state index >= 15 is 0 Å². The minimum atomic E-state index is -4.97. The van der Waals surface area contributed by atoms with Crippen molar-refractivity contribution in [1.82, 2.24) is 0 Å². The second kappa shape index (κ2) is 6.39. The van der Waals surface area contributed by atoms with Crippen LogP contribution in [0.25, 0.3) is 0 Å². The van der Waals surface area contributed by atoms with Gasteiger partial charge in [-0.25, -0.2) is 0 Å². The fourth-order valence-electron chi connectivity index (χ4n) is 2.08. The van der Waals surface area contributed by atoms with Gasteiger partial charge in [-0.1, -0.05) is 0 Å². The summed E-state index contributed by atoms with van der Waals surface area (Å²) in [7, 11) is -4.97. The highest BCUT2D eigenvalue weighted by Gasteiger charge is 2.48. The van der Waals surface area contributed by atoms with E-state index in [0.29, 0.717) is 0 Å². The van der Waals surface area contributed by atoms with Crippen LogP contribution in [-0.2, 0) is 13.8 Å². The van der Waals surface area contributed by atoms with Crippen LogP contribution in [0.1, 0.15) is 16.6 Å². The van der Waals surface area contributed by atoms with Crippen molar-refractivity contribution in [2.45, 2.75) is 24.5 Å². The van der Waals surface area contributed by atoms with Crippen molar-refractivity contribution in [3.63, 3.8) is 0 Å². The molecule has 10 nitrogen and oxygen atoms in total. The number of amides is 1. The molecule has 0 saturated carbocycles. The normalized spacial score (nSPS) is 30.9. The third-order valence-corrected chi connectivity index (χ3v) is 3.62. The molecule has 2 rings (SSSR count). The Kier molecular flexibility index (Phi) is 4.93. The first kappa shape index (κ1) is 17.0. The fraction of sp³-hybridized carbons (Fsp3) is 0.455. The second-order valence-corrected chi connectivity index (χ2v) is 5.91. The summed E-state index contributed by atoms with van der Waals surface area (Å²) < 4.78 is 21.3. The number of phosphoric ester groups is 1. The molecule has 1 aliphatic rings. The Morgan fingerprint density at radius 3 is 2.77 bits per heavy atom. The maximum atomic E-state index is 11.1. The molecule has 1 fully saturated rings. The first-order chi connectivity index (χ1) is 10.2. The average molecular weight is 334 g/mol. The lowest BCUT2D eigenvalue weighted by Gasteiger charge is -2.19. The zero-order valence-corrected chi connectivity index (χ0v) is 12.1. The van der Waals surface area contributed by atoms with Gasteiger partial charge in [-0.15, -0.1) is 0 Å². The Bertz CT molecular complexity index is 606. The van der Waals surface area contributed by atoms with E-state index in [1.54, 1.807) is 0 Å². The third-order valence-electron chi connectivity index (χ3n) is 3.14. The smallest absolute Gasteiger partial charge is 0.292 e. The van der Waals surface area contributed by atoms with Gasteiger partial charge in [0.25, 0.3) is 20.0 Å². The van der Waals surface area contributed by atoms with Gasteiger partial charge in [0.2, 0.25) is 0 Å². The topological polar surface area (TPSA) is 166 Å². The third kappa shape index (κ3) is 3.87. The number of phosphoric acid groups is 1. The maximum Gasteiger partial charge on any atom is 0.292 e. The molecule has 0 aliphatic carbocycles. The van der Waals surface area contributed by atoms with Crippen LogP contribution in [0, 0.1) is 0 Å². The molecule has 0 spiro atoms. The van der Waals surface area contributed by atoms with Crippen LogP contribution >= 0.6 is 7.82 Å². The zero-order chi connectivity index (χ0) is 16.5. The summed E-state index contributed by atoms with van der Waals surface area (Å²) in [5.41, 5.74) is 5.31. The van der Waals surface area contributed by atoms with E-state index in [0.717, 1.165) is 0 Å². The van der Waals surface area contributed by atoms with E-state index in [1.165, 1.54) is 29.1 Å². The Labute approximate surface area is 124 Å². The molecule has 22 heavy (non-hydrogen) atoms. The molecule has 0 radical (unpaired) electrons. The summed E-state index contributed by atoms with van der Waals surface area (Å²) in [6, 6.07) is 2.95. The van der Waals surface area contributed by atoms with Crippen LogP contribution in [0.2, 0.25) is 0 Å². The number of nitrogens with zero attached hydrogens (tertiary/aromatic N) is 1. The lowest BCUT2D eigenvalue weighted by Crippen LogP contribution is -2.46. The van der Waals surface area contributed by atoms with Crippen LogP contribution in [0.3, 0.4) is 0 Å². The van der Waals surface area contributed by atoms with Gasteiger partial charge < -0.3 is 35.0 Å². The second-order valence-electron chi connectivity index (χ2n) is 4.71. The van der Waals surface area contributed by atoms with Crippen molar-refractivity contribution >= 4 is 13.7 Å². The summed E-state index contributed by atoms with van der Waals surface area (Å²) in [5.74, 6) is -0.685. The average Bonchev–Trinajstić information content (AvgIpc) is 2.72. The number of hydrogen-bond acceptors (Lipinski definition) is 7. The lowest BCUT2D eigenvalue weighted by atomic mass is 10.1. The molecule has 1 aromatic rings. The van der Waals surface area contributed by atoms with Gasteiger partial charge in [-0.05, 0) is 6.07 Å². The standard InChI is InChI=1S/C11H15N2O8P/c12-10(16)6-2-1-3-13(4-6)11-9(15)8(14)7(21-11)5-20-22(17,18)19/h1-4,7-9,11,14-15H,5H2,(H3-,12,16,17,18,19)/t7-,8?,9-,11-/m1/s1. The van der Waals surface area contributed by atoms with Crippen molar-refractivity contribution < 1.29 is 43.2 Å². The van der Waals surface area contributed by atoms with Gasteiger partial charge in [0.05, 0.1) is 6.61 Å². The number of pyridine rings is 1. The summed E-state index contributed by atoms with van der Waals surface area (Å²) >= 11 is 0. The van der Waals surface area contributed by atoms with Crippen molar-refractivity contribution in [3.05, 3.63) is 30.1 Å². The number of ether oxygens (including phenoxy) is 1. The van der Waals surface area contributed by atoms with Gasteiger partial charge >= 0.3 is 0 Å². The van der Waals surface area contributed by atoms with E-state index in [9.17, 15) is 24.5 Å². The van der Waals surface area contributed by atoms with E-state index in [2.05, 4.69) is 4.52 Å². The number of hydrogen-bond donors (Lipinski definition) is 4. The van der Waals surface area contributed by atoms with Gasteiger partial charge in [0.15, 0.2) is 18.5 Å². The fourth-order valence-corrected chi connectivity index (χ4v) is 2.41. The number of aromatic nitrogens is 1. The molecule has 122 valence electrons. The number of carbonyl (C=O) groups is 1. The molecule has 2 unspecified atom stereocenters. The molecule has 2 heterocycles. The van der Waals surface area contributed by atoms with Crippen molar-refractivity contribution in [3.8, 4) is 0 Å². The van der Waals surface area contributed by atoms with Gasteiger partial charge in [-0.3, -0.25) is 9.36 Å². The van der Waals surface area contributed by atoms with E-state index in [-0.39, 0.29) is 5.56 Å². The minimum absolute atomic E-state index is 0.159. The Hall–Kier alpha value is -1.39. The SMILES string of the molecule is NC(=O)c1ccc[n+]([C@@H]2O[C@H](COP(=O)([O-])O)C(O)[C@H]2O)c1. The van der Waals surface area contributed by atoms with Crippen molar-refractivity contribution in [2.75, 3.05) is 6.61 Å². The highest BCUT2D eigenvalue weighted by atomic mass is 31.2. The summed E-state index contributed by atoms with van der Waals surface area (Å²) in [6.45, 7) is -0.665. The molecular formula is C11H15N2O8P. The van der Waals surface area contributed by atoms with Gasteiger partial charge in [0, 0.05) is 6.07 Å². The minimum Gasteiger partial charge on any atom is -0.756 e. The van der Waals surface area contributed by atoms with Crippen LogP contribution in [0.4, 0.5) is 0 Å². The number of rotatable bonds is 5. The quantitative estimate of drug-likeness (QED) is 0.330. The molecule has 0 bridgehead atoms. The molecule has 1 saturated heterocycles. The summed E-state index contributed by atoms with van der Waals surface area (Å²) in [4.78, 5) is 30.2. The zero-order valence-electron chi connectivity index (χ0n) is 11.2. The molecule has 5 atom stereocenters. The predicted octanol–water partition coefficient (Wildman–Crippen LogP) is -2.83. The van der Waals surface area contributed by atoms with Crippen molar-refractivity contribution in [2.24, 2.45) is 5.73 Å². The molecule has 1 amide bonds. The molecule has 5 N–H and O–H groups in total. The van der Waals surface area contributed by atoms with Crippen LogP contribution in [0.5, 0.6) is 0 Å². The molecule has 1 aliphatic heterocycles. The van der Waals surface area contributed by atoms with Crippen LogP contribution < -0.4 is 15.2 Å². The Balaban J connectivity index is 2.14. The van der Waals surface area contributed by atoms with Crippen LogP contribution in [0.15, 0.2) is 24.5 Å². The van der Waals surface area contributed by atoms with Crippen molar-refractivity contribution in [1.29, 1.82) is 0 Å². The Morgan fingerprint density at radius 2 is 2.18 bits per heavy atom. The lowest BCUT2D eigenvalue weighted by molar-refractivity contribution is -0.765. The number of nitrogens with two attached hydrogens (primary N) is 1. The highest BCUT2D eigenvalue weighted by Crippen LogP contribution is 2.33. The van der Waals surface area contributed by atoms with E-state index in [1.807, 2.05) is 0 Å². The predicted molar refractivity (Wildman–Crippen MR) is 66.9 cm³/mol. The van der Waals surface area contributed by atoms with Crippen LogP contribution in [-0.4, -0.2) is 45.9 Å². The number of aliphatic hydroxyl groups excluding tert-OH is 2. The number of aliphatic hydroxyl groups is 2. The van der Waals surface area contributed by atoms with Gasteiger partial charge in [-0.2, -0.15) is 4.57 Å². The van der Waals surface area contributed by atoms with E-state index in [4.69, 9.17) is 15.4 Å². The molecule has 11 heteroatoms. The molecular weight excluding hydrogens is 319 g/mol. The monoisotopic (exact) mass is 334 g/mol. The number of carbonyl (C=O) groups excluding carboxylic acids is 1. The Morgan fingerprint density at radius 1 is 1.50 bits per heavy atom. The summed E-state index contributed by atoms with van der Waals surface area (Å²) in [6.07, 6.45) is -2.31. The van der Waals surface area contributed by atoms with Gasteiger partial charge in [0.1, 0.15) is 17.8 Å². The highest BCUT2D eigenvalue weighted by molar-refractivity contribution is 7.44. The van der Waals surface area contributed by atoms with E-state index < -0.39 is 44.9 Å². The molecule has 0 aromatic carbocycles.